The fourth-order valence-electron chi connectivity index (χ4n) is 5.04. The fraction of sp³-hybridized carbons (Fsp3) is 0.577. The van der Waals surface area contributed by atoms with Crippen LogP contribution in [0.25, 0.3) is 11.3 Å². The summed E-state index contributed by atoms with van der Waals surface area (Å²) in [6.45, 7) is 16.3. The Morgan fingerprint density at radius 2 is 1.52 bits per heavy atom. The first kappa shape index (κ1) is 20.1. The monoisotopic (exact) mass is 364 g/mol. The minimum atomic E-state index is 0.171. The Balaban J connectivity index is 2.01. The summed E-state index contributed by atoms with van der Waals surface area (Å²) in [5.74, 6) is 0.826. The molecule has 1 heteroatoms. The molecular weight excluding hydrogens is 326 g/mol. The maximum atomic E-state index is 2.45. The first-order chi connectivity index (χ1) is 12.5. The number of aromatic nitrogens is 1. The lowest BCUT2D eigenvalue weighted by Gasteiger charge is -2.33. The number of hydrogen-bond donors (Lipinski definition) is 0. The second-order valence-corrected chi connectivity index (χ2v) is 10.3. The first-order valence-electron chi connectivity index (χ1n) is 10.6. The van der Waals surface area contributed by atoms with Crippen molar-refractivity contribution in [3.05, 3.63) is 52.7 Å². The van der Waals surface area contributed by atoms with Crippen LogP contribution < -0.4 is 4.57 Å². The van der Waals surface area contributed by atoms with Gasteiger partial charge in [-0.15, -0.1) is 0 Å². The lowest BCUT2D eigenvalue weighted by molar-refractivity contribution is -0.661. The Kier molecular flexibility index (Phi) is 5.27. The van der Waals surface area contributed by atoms with E-state index in [0.717, 1.165) is 5.92 Å². The number of benzene rings is 1. The number of rotatable bonds is 3. The molecule has 0 spiro atoms. The molecule has 0 amide bonds. The third kappa shape index (κ3) is 3.84. The maximum Gasteiger partial charge on any atom is 0.212 e. The highest BCUT2D eigenvalue weighted by Crippen LogP contribution is 2.42. The number of aryl methyl sites for hydroxylation is 3. The highest BCUT2D eigenvalue weighted by Gasteiger charge is 2.33. The van der Waals surface area contributed by atoms with Crippen LogP contribution in [0.4, 0.5) is 0 Å². The van der Waals surface area contributed by atoms with Crippen molar-refractivity contribution >= 4 is 0 Å². The molecule has 1 aliphatic rings. The summed E-state index contributed by atoms with van der Waals surface area (Å²) in [6, 6.07) is 9.55. The van der Waals surface area contributed by atoms with Crippen molar-refractivity contribution in [2.45, 2.75) is 85.0 Å². The smallest absolute Gasteiger partial charge is 0.201 e. The van der Waals surface area contributed by atoms with E-state index < -0.39 is 0 Å². The fourth-order valence-corrected chi connectivity index (χ4v) is 5.04. The summed E-state index contributed by atoms with van der Waals surface area (Å²) < 4.78 is 2.30. The summed E-state index contributed by atoms with van der Waals surface area (Å²) in [4.78, 5) is 0. The van der Waals surface area contributed by atoms with Gasteiger partial charge in [-0.05, 0) is 66.2 Å². The van der Waals surface area contributed by atoms with Crippen LogP contribution in [-0.2, 0) is 17.9 Å². The predicted molar refractivity (Wildman–Crippen MR) is 116 cm³/mol. The predicted octanol–water partition coefficient (Wildman–Crippen LogP) is 6.56. The Hall–Kier alpha value is -1.63. The van der Waals surface area contributed by atoms with Gasteiger partial charge < -0.3 is 0 Å². The molecule has 27 heavy (non-hydrogen) atoms. The molecule has 0 atom stereocenters. The highest BCUT2D eigenvalue weighted by molar-refractivity contribution is 5.63. The van der Waals surface area contributed by atoms with E-state index in [2.05, 4.69) is 90.5 Å². The van der Waals surface area contributed by atoms with E-state index in [-0.39, 0.29) is 10.8 Å². The van der Waals surface area contributed by atoms with Crippen LogP contribution in [0.5, 0.6) is 0 Å². The van der Waals surface area contributed by atoms with Gasteiger partial charge in [-0.3, -0.25) is 0 Å². The molecule has 0 unspecified atom stereocenters. The molecule has 0 bridgehead atoms. The Bertz CT molecular complexity index is 830. The summed E-state index contributed by atoms with van der Waals surface area (Å²) in [6.07, 6.45) is 7.90. The van der Waals surface area contributed by atoms with Crippen LogP contribution in [0.2, 0.25) is 0 Å². The molecule has 2 aromatic rings. The molecule has 1 heterocycles. The molecule has 1 aromatic heterocycles. The zero-order chi connectivity index (χ0) is 20.0. The van der Waals surface area contributed by atoms with Crippen LogP contribution in [0.1, 0.15) is 82.6 Å². The maximum absolute atomic E-state index is 2.45. The van der Waals surface area contributed by atoms with Crippen molar-refractivity contribution in [1.29, 1.82) is 0 Å². The topological polar surface area (TPSA) is 3.88 Å². The average Bonchev–Trinajstić information content (AvgIpc) is 3.11. The lowest BCUT2D eigenvalue weighted by atomic mass is 9.72. The van der Waals surface area contributed by atoms with Gasteiger partial charge in [0.05, 0.1) is 0 Å². The second kappa shape index (κ2) is 7.08. The van der Waals surface area contributed by atoms with E-state index in [1.54, 1.807) is 0 Å². The van der Waals surface area contributed by atoms with Crippen LogP contribution >= 0.6 is 0 Å². The molecule has 1 aliphatic carbocycles. The lowest BCUT2D eigenvalue weighted by Crippen LogP contribution is -2.34. The standard InChI is InChI=1S/C26H38N/c1-18-15-21(26(6,7)20-11-9-10-12-20)13-14-22(18)24-16-19(2)23(17-27(24)8)25(3,4)5/h13-17,20H,9-12H2,1-8H3/q+1. The molecule has 0 N–H and O–H groups in total. The minimum absolute atomic E-state index is 0.171. The summed E-state index contributed by atoms with van der Waals surface area (Å²) in [7, 11) is 2.18. The Labute approximate surface area is 166 Å². The van der Waals surface area contributed by atoms with E-state index in [1.165, 1.54) is 59.2 Å². The minimum Gasteiger partial charge on any atom is -0.201 e. The molecule has 0 aliphatic heterocycles. The van der Waals surface area contributed by atoms with Gasteiger partial charge in [0.1, 0.15) is 7.05 Å². The number of nitrogens with zero attached hydrogens (tertiary/aromatic N) is 1. The SMILES string of the molecule is Cc1cc(C(C)(C)C2CCCC2)ccc1-c1cc(C)c(C(C)(C)C)c[n+]1C. The van der Waals surface area contributed by atoms with Gasteiger partial charge in [-0.2, -0.15) is 0 Å². The number of hydrogen-bond acceptors (Lipinski definition) is 0. The van der Waals surface area contributed by atoms with Gasteiger partial charge in [0.25, 0.3) is 0 Å². The quantitative estimate of drug-likeness (QED) is 0.543. The van der Waals surface area contributed by atoms with E-state index in [9.17, 15) is 0 Å². The van der Waals surface area contributed by atoms with Crippen molar-refractivity contribution in [3.8, 4) is 11.3 Å². The molecule has 1 aromatic carbocycles. The molecule has 146 valence electrons. The third-order valence-corrected chi connectivity index (χ3v) is 6.91. The molecule has 0 saturated heterocycles. The average molecular weight is 365 g/mol. The largest absolute Gasteiger partial charge is 0.212 e. The van der Waals surface area contributed by atoms with E-state index in [1.807, 2.05) is 0 Å². The molecule has 1 saturated carbocycles. The van der Waals surface area contributed by atoms with Crippen molar-refractivity contribution in [2.24, 2.45) is 13.0 Å². The van der Waals surface area contributed by atoms with Gasteiger partial charge in [0, 0.05) is 17.2 Å². The summed E-state index contributed by atoms with van der Waals surface area (Å²) >= 11 is 0. The molecule has 0 radical (unpaired) electrons. The van der Waals surface area contributed by atoms with Crippen LogP contribution in [0, 0.1) is 19.8 Å². The molecule has 1 fully saturated rings. The normalized spacial score (nSPS) is 16.1. The Morgan fingerprint density at radius 3 is 2.07 bits per heavy atom. The van der Waals surface area contributed by atoms with Gasteiger partial charge in [-0.25, -0.2) is 4.57 Å². The third-order valence-electron chi connectivity index (χ3n) is 6.91. The van der Waals surface area contributed by atoms with Crippen LogP contribution in [0.15, 0.2) is 30.5 Å². The van der Waals surface area contributed by atoms with Crippen LogP contribution in [0.3, 0.4) is 0 Å². The van der Waals surface area contributed by atoms with Crippen molar-refractivity contribution < 1.29 is 4.57 Å². The van der Waals surface area contributed by atoms with E-state index in [4.69, 9.17) is 0 Å². The summed E-state index contributed by atoms with van der Waals surface area (Å²) in [5, 5.41) is 0. The second-order valence-electron chi connectivity index (χ2n) is 10.3. The van der Waals surface area contributed by atoms with Crippen LogP contribution in [-0.4, -0.2) is 0 Å². The first-order valence-corrected chi connectivity index (χ1v) is 10.6. The molecular formula is C26H38N+. The van der Waals surface area contributed by atoms with Crippen molar-refractivity contribution in [1.82, 2.24) is 0 Å². The van der Waals surface area contributed by atoms with Gasteiger partial charge in [0.15, 0.2) is 6.20 Å². The highest BCUT2D eigenvalue weighted by atomic mass is 14.9. The Morgan fingerprint density at radius 1 is 0.889 bits per heavy atom. The molecule has 3 rings (SSSR count). The van der Waals surface area contributed by atoms with E-state index >= 15 is 0 Å². The number of pyridine rings is 1. The zero-order valence-corrected chi connectivity index (χ0v) is 18.7. The van der Waals surface area contributed by atoms with Crippen molar-refractivity contribution in [2.75, 3.05) is 0 Å². The van der Waals surface area contributed by atoms with Crippen molar-refractivity contribution in [3.63, 3.8) is 0 Å². The van der Waals surface area contributed by atoms with E-state index in [0.29, 0.717) is 0 Å². The zero-order valence-electron chi connectivity index (χ0n) is 18.7. The van der Waals surface area contributed by atoms with Gasteiger partial charge in [-0.1, -0.05) is 59.6 Å². The van der Waals surface area contributed by atoms with Gasteiger partial charge in [0.2, 0.25) is 5.69 Å². The van der Waals surface area contributed by atoms with Gasteiger partial charge >= 0.3 is 0 Å². The summed E-state index contributed by atoms with van der Waals surface area (Å²) in [5.41, 5.74) is 8.79. The molecule has 1 nitrogen and oxygen atoms in total.